The number of rotatable bonds is 3. The van der Waals surface area contributed by atoms with Crippen LogP contribution in [0, 0.1) is 11.6 Å². The molecule has 1 aromatic carbocycles. The van der Waals surface area contributed by atoms with Crippen LogP contribution in [-0.2, 0) is 6.54 Å². The van der Waals surface area contributed by atoms with Gasteiger partial charge in [-0.2, -0.15) is 0 Å². The molecule has 0 spiro atoms. The molecule has 0 atom stereocenters. The zero-order valence-corrected chi connectivity index (χ0v) is 9.01. The Morgan fingerprint density at radius 1 is 1.44 bits per heavy atom. The summed E-state index contributed by atoms with van der Waals surface area (Å²) in [5.41, 5.74) is 0.0724. The van der Waals surface area contributed by atoms with Gasteiger partial charge in [0.15, 0.2) is 11.6 Å². The molecule has 0 aliphatic carbocycles. The molecule has 0 bridgehead atoms. The van der Waals surface area contributed by atoms with Crippen LogP contribution in [-0.4, -0.2) is 20.8 Å². The van der Waals surface area contributed by atoms with Gasteiger partial charge in [0.05, 0.1) is 19.1 Å². The predicted molar refractivity (Wildman–Crippen MR) is 56.3 cm³/mol. The summed E-state index contributed by atoms with van der Waals surface area (Å²) in [4.78, 5) is 14.1. The van der Waals surface area contributed by atoms with Gasteiger partial charge in [-0.1, -0.05) is 12.1 Å². The Hall–Kier alpha value is -2.44. The predicted octanol–water partition coefficient (Wildman–Crippen LogP) is 2.27. The first-order chi connectivity index (χ1) is 8.58. The van der Waals surface area contributed by atoms with Crippen molar-refractivity contribution in [3.63, 3.8) is 0 Å². The standard InChI is InChI=1S/C11H8F2N2O3/c12-8-3-1-2-7(10(8)13)5-15-6-14-4-9(15)18-11(16)17/h1-4,6H,5H2,(H,16,17). The second-order valence-electron chi connectivity index (χ2n) is 3.44. The van der Waals surface area contributed by atoms with Crippen LogP contribution in [0.25, 0.3) is 0 Å². The van der Waals surface area contributed by atoms with Gasteiger partial charge in [0.25, 0.3) is 0 Å². The minimum Gasteiger partial charge on any atom is -0.449 e. The summed E-state index contributed by atoms with van der Waals surface area (Å²) in [5, 5.41) is 8.48. The van der Waals surface area contributed by atoms with Crippen molar-refractivity contribution >= 4 is 6.16 Å². The lowest BCUT2D eigenvalue weighted by atomic mass is 10.2. The van der Waals surface area contributed by atoms with Crippen molar-refractivity contribution in [1.82, 2.24) is 9.55 Å². The fourth-order valence-electron chi connectivity index (χ4n) is 1.46. The van der Waals surface area contributed by atoms with Crippen LogP contribution in [0.15, 0.2) is 30.7 Å². The van der Waals surface area contributed by atoms with E-state index in [-0.39, 0.29) is 18.0 Å². The highest BCUT2D eigenvalue weighted by Gasteiger charge is 2.12. The zero-order chi connectivity index (χ0) is 13.1. The third-order valence-electron chi connectivity index (χ3n) is 2.24. The molecule has 0 saturated carbocycles. The molecule has 2 aromatic rings. The normalized spacial score (nSPS) is 10.3. The van der Waals surface area contributed by atoms with Crippen LogP contribution in [0.3, 0.4) is 0 Å². The summed E-state index contributed by atoms with van der Waals surface area (Å²) in [6.07, 6.45) is 0.935. The van der Waals surface area contributed by atoms with Gasteiger partial charge in [-0.25, -0.2) is 18.6 Å². The molecule has 94 valence electrons. The number of halogens is 2. The molecular formula is C11H8F2N2O3. The summed E-state index contributed by atoms with van der Waals surface area (Å²) < 4.78 is 32.1. The van der Waals surface area contributed by atoms with E-state index < -0.39 is 17.8 Å². The second kappa shape index (κ2) is 4.82. The summed E-state index contributed by atoms with van der Waals surface area (Å²) in [6, 6.07) is 3.76. The van der Waals surface area contributed by atoms with Crippen molar-refractivity contribution in [2.75, 3.05) is 0 Å². The molecule has 1 aromatic heterocycles. The van der Waals surface area contributed by atoms with E-state index in [2.05, 4.69) is 9.72 Å². The zero-order valence-electron chi connectivity index (χ0n) is 9.01. The number of hydrogen-bond acceptors (Lipinski definition) is 3. The van der Waals surface area contributed by atoms with Crippen molar-refractivity contribution in [2.24, 2.45) is 0 Å². The van der Waals surface area contributed by atoms with Crippen molar-refractivity contribution in [2.45, 2.75) is 6.54 Å². The molecule has 0 fully saturated rings. The maximum absolute atomic E-state index is 13.4. The van der Waals surface area contributed by atoms with E-state index in [4.69, 9.17) is 5.11 Å². The number of benzene rings is 1. The van der Waals surface area contributed by atoms with Gasteiger partial charge in [-0.05, 0) is 6.07 Å². The Morgan fingerprint density at radius 2 is 2.22 bits per heavy atom. The molecule has 2 rings (SSSR count). The molecule has 0 radical (unpaired) electrons. The minimum absolute atomic E-state index is 0.0637. The quantitative estimate of drug-likeness (QED) is 0.853. The molecular weight excluding hydrogens is 246 g/mol. The van der Waals surface area contributed by atoms with E-state index in [1.807, 2.05) is 0 Å². The Bertz CT molecular complexity index is 583. The lowest BCUT2D eigenvalue weighted by Crippen LogP contribution is -2.09. The number of ether oxygens (including phenoxy) is 1. The Labute approximate surface area is 100 Å². The van der Waals surface area contributed by atoms with Crippen molar-refractivity contribution in [1.29, 1.82) is 0 Å². The first kappa shape index (κ1) is 12.0. The Morgan fingerprint density at radius 3 is 2.94 bits per heavy atom. The molecule has 0 amide bonds. The van der Waals surface area contributed by atoms with Gasteiger partial charge in [0, 0.05) is 5.56 Å². The van der Waals surface area contributed by atoms with Crippen molar-refractivity contribution < 1.29 is 23.4 Å². The molecule has 1 heterocycles. The molecule has 0 aliphatic heterocycles. The molecule has 0 aliphatic rings. The highest BCUT2D eigenvalue weighted by molar-refractivity contribution is 5.60. The maximum atomic E-state index is 13.4. The fourth-order valence-corrected chi connectivity index (χ4v) is 1.46. The summed E-state index contributed by atoms with van der Waals surface area (Å²) in [5.74, 6) is -2.01. The van der Waals surface area contributed by atoms with Gasteiger partial charge in [0.2, 0.25) is 5.88 Å². The highest BCUT2D eigenvalue weighted by Crippen LogP contribution is 2.17. The van der Waals surface area contributed by atoms with Crippen LogP contribution < -0.4 is 4.74 Å². The van der Waals surface area contributed by atoms with Crippen LogP contribution in [0.5, 0.6) is 5.88 Å². The summed E-state index contributed by atoms with van der Waals surface area (Å²) in [7, 11) is 0. The van der Waals surface area contributed by atoms with E-state index in [0.717, 1.165) is 6.07 Å². The number of nitrogens with zero attached hydrogens (tertiary/aromatic N) is 2. The SMILES string of the molecule is O=C(O)Oc1cncn1Cc1cccc(F)c1F. The smallest absolute Gasteiger partial charge is 0.449 e. The van der Waals surface area contributed by atoms with Gasteiger partial charge in [-0.15, -0.1) is 0 Å². The van der Waals surface area contributed by atoms with Crippen LogP contribution in [0.4, 0.5) is 13.6 Å². The number of carbonyl (C=O) groups is 1. The average Bonchev–Trinajstić information content (AvgIpc) is 2.72. The first-order valence-corrected chi connectivity index (χ1v) is 4.91. The lowest BCUT2D eigenvalue weighted by molar-refractivity contribution is 0.140. The van der Waals surface area contributed by atoms with Crippen molar-refractivity contribution in [3.8, 4) is 5.88 Å². The largest absolute Gasteiger partial charge is 0.512 e. The van der Waals surface area contributed by atoms with Gasteiger partial charge in [0.1, 0.15) is 0 Å². The van der Waals surface area contributed by atoms with Crippen LogP contribution >= 0.6 is 0 Å². The molecule has 18 heavy (non-hydrogen) atoms. The Kier molecular flexibility index (Phi) is 3.22. The second-order valence-corrected chi connectivity index (χ2v) is 3.44. The van der Waals surface area contributed by atoms with E-state index in [0.29, 0.717) is 0 Å². The van der Waals surface area contributed by atoms with E-state index in [1.54, 1.807) is 0 Å². The number of aromatic nitrogens is 2. The van der Waals surface area contributed by atoms with Gasteiger partial charge < -0.3 is 9.84 Å². The number of carboxylic acid groups (broad SMARTS) is 1. The molecule has 0 unspecified atom stereocenters. The first-order valence-electron chi connectivity index (χ1n) is 4.91. The van der Waals surface area contributed by atoms with Gasteiger partial charge in [-0.3, -0.25) is 4.57 Å². The van der Waals surface area contributed by atoms with Crippen LogP contribution in [0.1, 0.15) is 5.56 Å². The van der Waals surface area contributed by atoms with Crippen molar-refractivity contribution in [3.05, 3.63) is 47.9 Å². The average molecular weight is 254 g/mol. The lowest BCUT2D eigenvalue weighted by Gasteiger charge is -2.07. The van der Waals surface area contributed by atoms with E-state index in [9.17, 15) is 13.6 Å². The third-order valence-corrected chi connectivity index (χ3v) is 2.24. The molecule has 0 saturated heterocycles. The molecule has 7 heteroatoms. The van der Waals surface area contributed by atoms with E-state index in [1.165, 1.54) is 29.2 Å². The van der Waals surface area contributed by atoms with Crippen LogP contribution in [0.2, 0.25) is 0 Å². The summed E-state index contributed by atoms with van der Waals surface area (Å²) in [6.45, 7) is -0.0772. The summed E-state index contributed by atoms with van der Waals surface area (Å²) >= 11 is 0. The fraction of sp³-hybridized carbons (Fsp3) is 0.0909. The number of hydrogen-bond donors (Lipinski definition) is 1. The maximum Gasteiger partial charge on any atom is 0.512 e. The monoisotopic (exact) mass is 254 g/mol. The molecule has 1 N–H and O–H groups in total. The highest BCUT2D eigenvalue weighted by atomic mass is 19.2. The number of imidazole rings is 1. The Balaban J connectivity index is 2.26. The van der Waals surface area contributed by atoms with E-state index >= 15 is 0 Å². The van der Waals surface area contributed by atoms with Gasteiger partial charge >= 0.3 is 6.16 Å². The molecule has 5 nitrogen and oxygen atoms in total. The third kappa shape index (κ3) is 2.45. The minimum atomic E-state index is -1.50. The topological polar surface area (TPSA) is 64.3 Å².